The van der Waals surface area contributed by atoms with Crippen molar-refractivity contribution < 1.29 is 24.2 Å². The molecule has 146 valence electrons. The van der Waals surface area contributed by atoms with Crippen molar-refractivity contribution in [3.63, 3.8) is 0 Å². The van der Waals surface area contributed by atoms with Gasteiger partial charge in [0.05, 0.1) is 5.57 Å². The number of allylic oxidation sites excluding steroid dienone is 2. The third kappa shape index (κ3) is 5.34. The Morgan fingerprint density at radius 2 is 1.56 bits per heavy atom. The number of aliphatic hydroxyl groups excluding tert-OH is 1. The minimum atomic E-state index is -0.188. The Balaban J connectivity index is 1.27. The Hall–Kier alpha value is -2.30. The number of Topliss-reactive ketones (excluding diaryl/α,β-unsaturated/α-hetero) is 2. The maximum Gasteiger partial charge on any atom is 0.231 e. The van der Waals surface area contributed by atoms with Crippen molar-refractivity contribution in [2.24, 2.45) is 0 Å². The van der Waals surface area contributed by atoms with Gasteiger partial charge in [0.2, 0.25) is 6.79 Å². The summed E-state index contributed by atoms with van der Waals surface area (Å²) < 4.78 is 10.7. The van der Waals surface area contributed by atoms with Gasteiger partial charge in [0.1, 0.15) is 5.76 Å². The van der Waals surface area contributed by atoms with Gasteiger partial charge < -0.3 is 14.6 Å². The predicted molar refractivity (Wildman–Crippen MR) is 102 cm³/mol. The first-order valence-corrected chi connectivity index (χ1v) is 10.0. The normalized spacial score (nSPS) is 16.1. The largest absolute Gasteiger partial charge is 0.511 e. The van der Waals surface area contributed by atoms with E-state index in [0.29, 0.717) is 32.5 Å². The molecule has 0 unspecified atom stereocenters. The van der Waals surface area contributed by atoms with Crippen molar-refractivity contribution in [2.45, 2.75) is 70.6 Å². The zero-order chi connectivity index (χ0) is 19.1. The minimum Gasteiger partial charge on any atom is -0.511 e. The van der Waals surface area contributed by atoms with E-state index >= 15 is 0 Å². The summed E-state index contributed by atoms with van der Waals surface area (Å²) in [5.74, 6) is 1.30. The Morgan fingerprint density at radius 1 is 0.889 bits per heavy atom. The fourth-order valence-corrected chi connectivity index (χ4v) is 3.69. The molecule has 1 aromatic rings. The molecule has 1 heterocycles. The second-order valence-corrected chi connectivity index (χ2v) is 7.33. The number of fused-ring (bicyclic) bond motifs is 1. The Labute approximate surface area is 160 Å². The van der Waals surface area contributed by atoms with E-state index in [1.165, 1.54) is 12.0 Å². The van der Waals surface area contributed by atoms with Gasteiger partial charge in [-0.1, -0.05) is 31.7 Å². The van der Waals surface area contributed by atoms with Gasteiger partial charge in [-0.05, 0) is 43.4 Å². The molecule has 5 heteroatoms. The summed E-state index contributed by atoms with van der Waals surface area (Å²) in [5, 5.41) is 10.1. The number of unbranched alkanes of at least 4 members (excludes halogenated alkanes) is 5. The summed E-state index contributed by atoms with van der Waals surface area (Å²) >= 11 is 0. The highest BCUT2D eigenvalue weighted by atomic mass is 16.7. The van der Waals surface area contributed by atoms with Crippen LogP contribution in [-0.4, -0.2) is 23.5 Å². The van der Waals surface area contributed by atoms with E-state index in [4.69, 9.17) is 9.47 Å². The lowest BCUT2D eigenvalue weighted by Crippen LogP contribution is -2.20. The zero-order valence-electron chi connectivity index (χ0n) is 15.8. The molecular formula is C22H28O5. The predicted octanol–water partition coefficient (Wildman–Crippen LogP) is 4.82. The van der Waals surface area contributed by atoms with Crippen LogP contribution >= 0.6 is 0 Å². The van der Waals surface area contributed by atoms with E-state index in [9.17, 15) is 14.7 Å². The average molecular weight is 372 g/mol. The van der Waals surface area contributed by atoms with Crippen molar-refractivity contribution in [3.8, 4) is 11.5 Å². The molecule has 5 nitrogen and oxygen atoms in total. The molecule has 1 aliphatic heterocycles. The highest BCUT2D eigenvalue weighted by molar-refractivity contribution is 6.21. The van der Waals surface area contributed by atoms with E-state index in [1.54, 1.807) is 0 Å². The first-order chi connectivity index (χ1) is 13.1. The smallest absolute Gasteiger partial charge is 0.231 e. The molecule has 1 aliphatic carbocycles. The number of hydrogen-bond acceptors (Lipinski definition) is 5. The first-order valence-electron chi connectivity index (χ1n) is 10.0. The van der Waals surface area contributed by atoms with E-state index in [1.807, 2.05) is 6.07 Å². The lowest BCUT2D eigenvalue weighted by Gasteiger charge is -2.13. The van der Waals surface area contributed by atoms with Gasteiger partial charge in [0, 0.05) is 19.3 Å². The Kier molecular flexibility index (Phi) is 6.91. The molecule has 0 radical (unpaired) electrons. The van der Waals surface area contributed by atoms with Crippen LogP contribution in [0.2, 0.25) is 0 Å². The summed E-state index contributed by atoms with van der Waals surface area (Å²) in [5.41, 5.74) is 1.35. The maximum atomic E-state index is 11.8. The van der Waals surface area contributed by atoms with E-state index in [2.05, 4.69) is 12.1 Å². The number of benzene rings is 1. The highest BCUT2D eigenvalue weighted by Gasteiger charge is 2.26. The molecular weight excluding hydrogens is 344 g/mol. The summed E-state index contributed by atoms with van der Waals surface area (Å²) in [6.07, 6.45) is 9.23. The number of aliphatic hydroxyl groups is 1. The molecule has 27 heavy (non-hydrogen) atoms. The molecule has 1 saturated carbocycles. The van der Waals surface area contributed by atoms with Crippen molar-refractivity contribution >= 4 is 11.6 Å². The molecule has 2 aliphatic rings. The molecule has 0 aromatic heterocycles. The van der Waals surface area contributed by atoms with Gasteiger partial charge >= 0.3 is 0 Å². The van der Waals surface area contributed by atoms with Gasteiger partial charge in [-0.2, -0.15) is 0 Å². The van der Waals surface area contributed by atoms with Crippen LogP contribution < -0.4 is 9.47 Å². The molecule has 0 amide bonds. The molecule has 0 saturated heterocycles. The second kappa shape index (κ2) is 9.58. The Morgan fingerprint density at radius 3 is 2.33 bits per heavy atom. The second-order valence-electron chi connectivity index (χ2n) is 7.33. The quantitative estimate of drug-likeness (QED) is 0.291. The van der Waals surface area contributed by atoms with Gasteiger partial charge in [-0.15, -0.1) is 0 Å². The van der Waals surface area contributed by atoms with Crippen LogP contribution in [0.4, 0.5) is 0 Å². The third-order valence-corrected chi connectivity index (χ3v) is 5.22. The number of ketones is 2. The summed E-state index contributed by atoms with van der Waals surface area (Å²) in [4.78, 5) is 23.6. The van der Waals surface area contributed by atoms with Crippen LogP contribution in [-0.2, 0) is 16.0 Å². The van der Waals surface area contributed by atoms with Gasteiger partial charge in [-0.25, -0.2) is 0 Å². The number of rotatable bonds is 9. The molecule has 1 N–H and O–H groups in total. The minimum absolute atomic E-state index is 0.00695. The number of carbonyl (C=O) groups is 2. The average Bonchev–Trinajstić information content (AvgIpc) is 3.11. The lowest BCUT2D eigenvalue weighted by atomic mass is 9.90. The number of carbonyl (C=O) groups excluding carboxylic acids is 2. The number of ether oxygens (including phenoxy) is 2. The van der Waals surface area contributed by atoms with Crippen molar-refractivity contribution in [3.05, 3.63) is 35.1 Å². The Bertz CT molecular complexity index is 701. The standard InChI is InChI=1S/C22H28O5/c23-17(22-18(24)10-7-11-19(22)25)9-6-4-2-1-3-5-8-16-12-13-20-21(14-16)27-15-26-20/h12-14,23H,1-11,15H2. The van der Waals surface area contributed by atoms with Crippen molar-refractivity contribution in [1.29, 1.82) is 0 Å². The highest BCUT2D eigenvalue weighted by Crippen LogP contribution is 2.33. The first kappa shape index (κ1) is 19.5. The van der Waals surface area contributed by atoms with E-state index in [0.717, 1.165) is 50.0 Å². The van der Waals surface area contributed by atoms with Crippen LogP contribution in [0.3, 0.4) is 0 Å². The van der Waals surface area contributed by atoms with Gasteiger partial charge in [-0.3, -0.25) is 9.59 Å². The van der Waals surface area contributed by atoms with Crippen LogP contribution in [0.1, 0.15) is 69.8 Å². The maximum absolute atomic E-state index is 11.8. The summed E-state index contributed by atoms with van der Waals surface area (Å²) in [6.45, 7) is 0.313. The van der Waals surface area contributed by atoms with Crippen molar-refractivity contribution in [1.82, 2.24) is 0 Å². The monoisotopic (exact) mass is 372 g/mol. The van der Waals surface area contributed by atoms with Gasteiger partial charge in [0.15, 0.2) is 23.1 Å². The number of aryl methyl sites for hydroxylation is 1. The molecule has 1 aromatic carbocycles. The molecule has 0 spiro atoms. The summed E-state index contributed by atoms with van der Waals surface area (Å²) in [7, 11) is 0. The SMILES string of the molecule is O=C1CCCC(=O)C1=C(O)CCCCCCCCc1ccc2c(c1)OCO2. The topological polar surface area (TPSA) is 72.8 Å². The molecule has 0 atom stereocenters. The molecule has 3 rings (SSSR count). The zero-order valence-corrected chi connectivity index (χ0v) is 15.8. The fourth-order valence-electron chi connectivity index (χ4n) is 3.69. The third-order valence-electron chi connectivity index (χ3n) is 5.22. The van der Waals surface area contributed by atoms with E-state index < -0.39 is 0 Å². The van der Waals surface area contributed by atoms with Crippen LogP contribution in [0, 0.1) is 0 Å². The number of hydrogen-bond donors (Lipinski definition) is 1. The molecule has 1 fully saturated rings. The molecule has 0 bridgehead atoms. The van der Waals surface area contributed by atoms with Crippen LogP contribution in [0.15, 0.2) is 29.5 Å². The fraction of sp³-hybridized carbons (Fsp3) is 0.545. The van der Waals surface area contributed by atoms with Crippen LogP contribution in [0.25, 0.3) is 0 Å². The lowest BCUT2D eigenvalue weighted by molar-refractivity contribution is -0.124. The van der Waals surface area contributed by atoms with Gasteiger partial charge in [0.25, 0.3) is 0 Å². The van der Waals surface area contributed by atoms with Crippen LogP contribution in [0.5, 0.6) is 11.5 Å². The van der Waals surface area contributed by atoms with E-state index in [-0.39, 0.29) is 22.9 Å². The van der Waals surface area contributed by atoms with Crippen molar-refractivity contribution in [2.75, 3.05) is 6.79 Å². The summed E-state index contributed by atoms with van der Waals surface area (Å²) in [6, 6.07) is 6.13.